The number of aromatic nitrogens is 2. The molecule has 2 aromatic heterocycles. The van der Waals surface area contributed by atoms with Crippen LogP contribution < -0.4 is 22.3 Å². The van der Waals surface area contributed by atoms with Gasteiger partial charge in [-0.05, 0) is 18.6 Å². The van der Waals surface area contributed by atoms with E-state index in [9.17, 15) is 45.8 Å². The number of hydrogen-bond acceptors (Lipinski definition) is 12. The number of benzene rings is 1. The van der Waals surface area contributed by atoms with Gasteiger partial charge in [0, 0.05) is 28.6 Å². The van der Waals surface area contributed by atoms with Crippen LogP contribution in [0.15, 0.2) is 40.3 Å². The molecule has 1 amide bonds. The summed E-state index contributed by atoms with van der Waals surface area (Å²) in [6.45, 7) is 2.04. The molecule has 2 atom stereocenters. The summed E-state index contributed by atoms with van der Waals surface area (Å²) < 4.78 is 70.2. The highest BCUT2D eigenvalue weighted by atomic mass is 19.4. The van der Waals surface area contributed by atoms with Crippen molar-refractivity contribution >= 4 is 40.9 Å². The van der Waals surface area contributed by atoms with Crippen LogP contribution >= 0.6 is 0 Å². The second-order valence-corrected chi connectivity index (χ2v) is 10.8. The molecule has 52 heavy (non-hydrogen) atoms. The molecule has 16 nitrogen and oxygen atoms in total. The number of carboxylic acid groups (broad SMARTS) is 2. The van der Waals surface area contributed by atoms with Crippen molar-refractivity contribution in [3.05, 3.63) is 62.9 Å². The number of halogens is 6. The molecule has 0 bridgehead atoms. The number of rotatable bonds is 8. The van der Waals surface area contributed by atoms with Gasteiger partial charge in [0.05, 0.1) is 47.8 Å². The highest BCUT2D eigenvalue weighted by Crippen LogP contribution is 2.39. The lowest BCUT2D eigenvalue weighted by atomic mass is 9.86. The van der Waals surface area contributed by atoms with Crippen LogP contribution in [-0.2, 0) is 47.5 Å². The van der Waals surface area contributed by atoms with Gasteiger partial charge in [0.15, 0.2) is 5.60 Å². The van der Waals surface area contributed by atoms with E-state index in [-0.39, 0.29) is 61.9 Å². The van der Waals surface area contributed by atoms with Crippen molar-refractivity contribution in [3.8, 4) is 11.4 Å². The lowest BCUT2D eigenvalue weighted by molar-refractivity contribution is -0.193. The minimum atomic E-state index is -5.08. The molecular formula is C30H30F6N6O10. The topological polar surface area (TPSA) is 259 Å². The smallest absolute Gasteiger partial charge is 0.475 e. The molecule has 1 unspecified atom stereocenters. The van der Waals surface area contributed by atoms with Crippen LogP contribution in [0.1, 0.15) is 35.6 Å². The van der Waals surface area contributed by atoms with E-state index in [2.05, 4.69) is 10.5 Å². The number of alkyl halides is 6. The number of carboxylic acids is 2. The third kappa shape index (κ3) is 8.99. The van der Waals surface area contributed by atoms with Crippen molar-refractivity contribution in [1.29, 1.82) is 0 Å². The largest absolute Gasteiger partial charge is 0.490 e. The average molecular weight is 749 g/mol. The molecule has 0 spiro atoms. The number of carbonyl (C=O) groups is 4. The van der Waals surface area contributed by atoms with Crippen LogP contribution in [0.3, 0.4) is 0 Å². The number of aliphatic carboxylic acids is 2. The van der Waals surface area contributed by atoms with Gasteiger partial charge in [-0.2, -0.15) is 26.3 Å². The molecular weight excluding hydrogens is 718 g/mol. The zero-order valence-corrected chi connectivity index (χ0v) is 26.7. The molecule has 5 rings (SSSR count). The SMILES string of the molecule is CC[C@@]1(O)C(=O)OCc2c1cc1n(c2=O)Cc2c-1nc1ccccc1c2/C=N/OCCNC(=O)C(N)CN.O=C(O)C(F)(F)F.O=C(O)C(F)(F)F. The number of cyclic esters (lactones) is 1. The Morgan fingerprint density at radius 2 is 1.71 bits per heavy atom. The predicted molar refractivity (Wildman–Crippen MR) is 165 cm³/mol. The van der Waals surface area contributed by atoms with Gasteiger partial charge in [-0.25, -0.2) is 19.4 Å². The third-order valence-electron chi connectivity index (χ3n) is 7.46. The summed E-state index contributed by atoms with van der Waals surface area (Å²) in [5.74, 6) is -6.65. The van der Waals surface area contributed by atoms with Crippen LogP contribution in [0.2, 0.25) is 0 Å². The van der Waals surface area contributed by atoms with Gasteiger partial charge in [0.2, 0.25) is 5.91 Å². The number of nitrogens with one attached hydrogen (secondary N) is 1. The number of amides is 1. The number of aliphatic hydroxyl groups is 1. The standard InChI is InChI=1S/C26H28N6O6.2C2HF3O2/c1-2-26(36)18-9-21-22-16(12-32(21)24(34)17(18)13-37-25(26)35)15(14-5-3-4-6-20(14)31-22)11-30-38-8-7-29-23(33)19(28)10-27;2*3-2(4,5)1(6)7/h3-6,9,11,19,36H,2,7-8,10,12-13,27-28H2,1H3,(H,29,33);2*(H,6,7)/b30-11+;;/t19?,26-;;/m0../s1. The van der Waals surface area contributed by atoms with E-state index in [1.54, 1.807) is 23.8 Å². The van der Waals surface area contributed by atoms with Crippen LogP contribution in [0.25, 0.3) is 22.3 Å². The first kappa shape index (κ1) is 40.8. The van der Waals surface area contributed by atoms with E-state index in [1.165, 1.54) is 0 Å². The molecule has 2 aliphatic rings. The zero-order valence-electron chi connectivity index (χ0n) is 26.7. The molecule has 22 heteroatoms. The van der Waals surface area contributed by atoms with Crippen molar-refractivity contribution in [3.63, 3.8) is 0 Å². The predicted octanol–water partition coefficient (Wildman–Crippen LogP) is 1.10. The first-order chi connectivity index (χ1) is 24.2. The summed E-state index contributed by atoms with van der Waals surface area (Å²) in [5.41, 5.74) is 12.5. The summed E-state index contributed by atoms with van der Waals surface area (Å²) in [7, 11) is 0. The van der Waals surface area contributed by atoms with E-state index < -0.39 is 41.9 Å². The molecule has 0 radical (unpaired) electrons. The van der Waals surface area contributed by atoms with E-state index in [0.29, 0.717) is 16.9 Å². The maximum Gasteiger partial charge on any atom is 0.490 e. The van der Waals surface area contributed by atoms with Crippen LogP contribution in [-0.4, -0.2) is 93.0 Å². The fourth-order valence-electron chi connectivity index (χ4n) is 4.81. The first-order valence-electron chi connectivity index (χ1n) is 14.8. The van der Waals surface area contributed by atoms with Crippen molar-refractivity contribution < 1.29 is 70.4 Å². The maximum absolute atomic E-state index is 13.5. The number of oxime groups is 1. The Balaban J connectivity index is 0.000000441. The van der Waals surface area contributed by atoms with Gasteiger partial charge in [-0.15, -0.1) is 0 Å². The Morgan fingerprint density at radius 1 is 1.12 bits per heavy atom. The summed E-state index contributed by atoms with van der Waals surface area (Å²) in [6, 6.07) is 8.37. The number of esters is 1. The second-order valence-electron chi connectivity index (χ2n) is 10.8. The molecule has 4 heterocycles. The summed E-state index contributed by atoms with van der Waals surface area (Å²) >= 11 is 0. The quantitative estimate of drug-likeness (QED) is 0.0486. The lowest BCUT2D eigenvalue weighted by Crippen LogP contribution is -2.46. The first-order valence-corrected chi connectivity index (χ1v) is 14.8. The molecule has 2 aliphatic heterocycles. The second kappa shape index (κ2) is 16.2. The third-order valence-corrected chi connectivity index (χ3v) is 7.46. The van der Waals surface area contributed by atoms with E-state index in [1.807, 2.05) is 24.3 Å². The van der Waals surface area contributed by atoms with Crippen LogP contribution in [0.4, 0.5) is 26.3 Å². The molecule has 0 fully saturated rings. The minimum absolute atomic E-state index is 0.0423. The van der Waals surface area contributed by atoms with Gasteiger partial charge in [-0.3, -0.25) is 9.59 Å². The van der Waals surface area contributed by atoms with Gasteiger partial charge in [0.25, 0.3) is 5.56 Å². The molecule has 8 N–H and O–H groups in total. The van der Waals surface area contributed by atoms with Crippen LogP contribution in [0, 0.1) is 0 Å². The monoisotopic (exact) mass is 748 g/mol. The molecule has 0 saturated carbocycles. The van der Waals surface area contributed by atoms with Crippen molar-refractivity contribution in [2.75, 3.05) is 19.7 Å². The minimum Gasteiger partial charge on any atom is -0.475 e. The lowest BCUT2D eigenvalue weighted by Gasteiger charge is -2.31. The van der Waals surface area contributed by atoms with Crippen molar-refractivity contribution in [1.82, 2.24) is 14.9 Å². The summed E-state index contributed by atoms with van der Waals surface area (Å²) in [4.78, 5) is 65.6. The zero-order chi connectivity index (χ0) is 39.2. The number of fused-ring (bicyclic) bond motifs is 5. The molecule has 282 valence electrons. The molecule has 0 saturated heterocycles. The molecule has 3 aromatic rings. The fraction of sp³-hybridized carbons (Fsp3) is 0.367. The fourth-order valence-corrected chi connectivity index (χ4v) is 4.81. The number of nitrogens with zero attached hydrogens (tertiary/aromatic N) is 3. The van der Waals surface area contributed by atoms with Crippen LogP contribution in [0.5, 0.6) is 0 Å². The number of carbonyl (C=O) groups excluding carboxylic acids is 2. The maximum atomic E-state index is 13.5. The Labute approximate surface area is 287 Å². The Hall–Kier alpha value is -5.61. The Bertz CT molecular complexity index is 1920. The van der Waals surface area contributed by atoms with Gasteiger partial charge in [-0.1, -0.05) is 30.3 Å². The summed E-state index contributed by atoms with van der Waals surface area (Å²) in [5, 5.41) is 32.8. The van der Waals surface area contributed by atoms with Gasteiger partial charge >= 0.3 is 30.3 Å². The normalized spacial score (nSPS) is 16.6. The van der Waals surface area contributed by atoms with E-state index >= 15 is 0 Å². The number of nitrogens with two attached hydrogens (primary N) is 2. The van der Waals surface area contributed by atoms with Gasteiger partial charge < -0.3 is 46.2 Å². The van der Waals surface area contributed by atoms with E-state index in [4.69, 9.17) is 45.8 Å². The van der Waals surface area contributed by atoms with Gasteiger partial charge in [0.1, 0.15) is 13.2 Å². The number of pyridine rings is 2. The highest BCUT2D eigenvalue weighted by Gasteiger charge is 2.45. The summed E-state index contributed by atoms with van der Waals surface area (Å²) in [6.07, 6.45) is -8.55. The molecule has 1 aromatic carbocycles. The van der Waals surface area contributed by atoms with E-state index in [0.717, 1.165) is 16.5 Å². The Morgan fingerprint density at radius 3 is 2.27 bits per heavy atom. The average Bonchev–Trinajstić information content (AvgIpc) is 3.45. The van der Waals surface area contributed by atoms with Crippen molar-refractivity contribution in [2.45, 2.75) is 50.5 Å². The number of ether oxygens (including phenoxy) is 1. The van der Waals surface area contributed by atoms with Crippen molar-refractivity contribution in [2.24, 2.45) is 16.6 Å². The number of hydrogen-bond donors (Lipinski definition) is 6. The molecule has 0 aliphatic carbocycles. The Kier molecular flexibility index (Phi) is 12.7. The highest BCUT2D eigenvalue weighted by molar-refractivity contribution is 6.02. The number of para-hydroxylation sites is 1.